The van der Waals surface area contributed by atoms with Gasteiger partial charge in [0.05, 0.1) is 5.56 Å². The number of hydrogen-bond donors (Lipinski definition) is 0. The van der Waals surface area contributed by atoms with Crippen molar-refractivity contribution < 1.29 is 9.53 Å². The number of nitrogens with zero attached hydrogens (tertiary/aromatic N) is 1. The van der Waals surface area contributed by atoms with Gasteiger partial charge in [0.15, 0.2) is 0 Å². The van der Waals surface area contributed by atoms with E-state index in [1.54, 1.807) is 6.07 Å². The lowest BCUT2D eigenvalue weighted by Gasteiger charge is -2.05. The Bertz CT molecular complexity index is 574. The van der Waals surface area contributed by atoms with E-state index in [4.69, 9.17) is 16.3 Å². The van der Waals surface area contributed by atoms with Crippen LogP contribution >= 0.6 is 27.5 Å². The Labute approximate surface area is 118 Å². The van der Waals surface area contributed by atoms with E-state index in [1.807, 2.05) is 24.3 Å². The molecule has 0 amide bonds. The summed E-state index contributed by atoms with van der Waals surface area (Å²) in [6, 6.07) is 10.6. The fraction of sp³-hybridized carbons (Fsp3) is 0.0769. The van der Waals surface area contributed by atoms with E-state index >= 15 is 0 Å². The summed E-state index contributed by atoms with van der Waals surface area (Å²) in [7, 11) is 0. The monoisotopic (exact) mass is 325 g/mol. The minimum atomic E-state index is -0.417. The first kappa shape index (κ1) is 13.1. The van der Waals surface area contributed by atoms with Crippen molar-refractivity contribution in [3.05, 3.63) is 63.3 Å². The molecule has 0 aliphatic heterocycles. The molecule has 0 bridgehead atoms. The van der Waals surface area contributed by atoms with E-state index in [9.17, 15) is 4.79 Å². The van der Waals surface area contributed by atoms with E-state index in [2.05, 4.69) is 20.9 Å². The van der Waals surface area contributed by atoms with Gasteiger partial charge in [0.25, 0.3) is 0 Å². The number of carbonyl (C=O) groups is 1. The zero-order valence-corrected chi connectivity index (χ0v) is 11.6. The van der Waals surface area contributed by atoms with Crippen molar-refractivity contribution in [2.75, 3.05) is 0 Å². The van der Waals surface area contributed by atoms with Crippen LogP contribution in [-0.4, -0.2) is 11.0 Å². The number of ether oxygens (including phenoxy) is 1. The highest BCUT2D eigenvalue weighted by Crippen LogP contribution is 2.14. The highest BCUT2D eigenvalue weighted by molar-refractivity contribution is 9.10. The molecule has 0 atom stereocenters. The second-order valence-corrected chi connectivity index (χ2v) is 4.88. The first-order valence-electron chi connectivity index (χ1n) is 5.18. The van der Waals surface area contributed by atoms with Crippen molar-refractivity contribution in [2.24, 2.45) is 0 Å². The fourth-order valence-corrected chi connectivity index (χ4v) is 2.01. The lowest BCUT2D eigenvalue weighted by molar-refractivity contribution is 0.0472. The summed E-state index contributed by atoms with van der Waals surface area (Å²) >= 11 is 9.06. The Morgan fingerprint density at radius 1 is 1.33 bits per heavy atom. The molecule has 0 radical (unpaired) electrons. The molecule has 1 heterocycles. The number of esters is 1. The normalized spacial score (nSPS) is 10.1. The first-order valence-corrected chi connectivity index (χ1v) is 6.35. The zero-order chi connectivity index (χ0) is 13.0. The van der Waals surface area contributed by atoms with Gasteiger partial charge in [-0.3, -0.25) is 0 Å². The molecule has 0 spiro atoms. The maximum atomic E-state index is 11.7. The maximum absolute atomic E-state index is 11.7. The van der Waals surface area contributed by atoms with Crippen molar-refractivity contribution in [1.82, 2.24) is 4.98 Å². The van der Waals surface area contributed by atoms with E-state index in [0.29, 0.717) is 5.56 Å². The number of pyridine rings is 1. The SMILES string of the molecule is O=C(OCc1cccc(Br)c1)c1ccnc(Cl)c1. The molecule has 0 unspecified atom stereocenters. The van der Waals surface area contributed by atoms with Crippen molar-refractivity contribution in [3.8, 4) is 0 Å². The van der Waals surface area contributed by atoms with Crippen molar-refractivity contribution in [2.45, 2.75) is 6.61 Å². The van der Waals surface area contributed by atoms with Crippen LogP contribution in [0.4, 0.5) is 0 Å². The quantitative estimate of drug-likeness (QED) is 0.635. The third kappa shape index (κ3) is 3.55. The van der Waals surface area contributed by atoms with Gasteiger partial charge >= 0.3 is 5.97 Å². The van der Waals surface area contributed by atoms with Gasteiger partial charge in [-0.2, -0.15) is 0 Å². The summed E-state index contributed by atoms with van der Waals surface area (Å²) < 4.78 is 6.13. The molecule has 18 heavy (non-hydrogen) atoms. The van der Waals surface area contributed by atoms with Crippen LogP contribution in [0.1, 0.15) is 15.9 Å². The summed E-state index contributed by atoms with van der Waals surface area (Å²) in [5, 5.41) is 0.270. The molecular weight excluding hydrogens is 318 g/mol. The average molecular weight is 327 g/mol. The second kappa shape index (κ2) is 5.98. The van der Waals surface area contributed by atoms with E-state index in [1.165, 1.54) is 12.3 Å². The van der Waals surface area contributed by atoms with Gasteiger partial charge in [-0.1, -0.05) is 39.7 Å². The summed E-state index contributed by atoms with van der Waals surface area (Å²) in [6.07, 6.45) is 1.47. The van der Waals surface area contributed by atoms with Crippen LogP contribution in [0.2, 0.25) is 5.15 Å². The fourth-order valence-electron chi connectivity index (χ4n) is 1.39. The topological polar surface area (TPSA) is 39.2 Å². The van der Waals surface area contributed by atoms with Gasteiger partial charge in [-0.15, -0.1) is 0 Å². The minimum Gasteiger partial charge on any atom is -0.457 e. The summed E-state index contributed by atoms with van der Waals surface area (Å²) in [6.45, 7) is 0.220. The maximum Gasteiger partial charge on any atom is 0.338 e. The molecule has 0 aliphatic carbocycles. The van der Waals surface area contributed by atoms with Crippen molar-refractivity contribution in [3.63, 3.8) is 0 Å². The molecule has 0 saturated heterocycles. The van der Waals surface area contributed by atoms with Crippen molar-refractivity contribution >= 4 is 33.5 Å². The molecule has 1 aromatic carbocycles. The van der Waals surface area contributed by atoms with Gasteiger partial charge in [0.2, 0.25) is 0 Å². The van der Waals surface area contributed by atoms with E-state index in [-0.39, 0.29) is 11.8 Å². The van der Waals surface area contributed by atoms with Gasteiger partial charge in [-0.05, 0) is 29.8 Å². The minimum absolute atomic E-state index is 0.220. The Hall–Kier alpha value is -1.39. The molecule has 0 fully saturated rings. The summed E-state index contributed by atoms with van der Waals surface area (Å²) in [5.41, 5.74) is 1.31. The Balaban J connectivity index is 2.00. The van der Waals surface area contributed by atoms with Crippen LogP contribution in [0.25, 0.3) is 0 Å². The van der Waals surface area contributed by atoms with E-state index < -0.39 is 5.97 Å². The third-order valence-electron chi connectivity index (χ3n) is 2.22. The Kier molecular flexibility index (Phi) is 4.33. The number of aromatic nitrogens is 1. The van der Waals surface area contributed by atoms with Gasteiger partial charge in [-0.25, -0.2) is 9.78 Å². The number of benzene rings is 1. The molecule has 92 valence electrons. The third-order valence-corrected chi connectivity index (χ3v) is 2.92. The first-order chi connectivity index (χ1) is 8.65. The largest absolute Gasteiger partial charge is 0.457 e. The summed E-state index contributed by atoms with van der Waals surface area (Å²) in [4.78, 5) is 15.5. The lowest BCUT2D eigenvalue weighted by Crippen LogP contribution is -2.05. The second-order valence-electron chi connectivity index (χ2n) is 3.57. The number of rotatable bonds is 3. The lowest BCUT2D eigenvalue weighted by atomic mass is 10.2. The Morgan fingerprint density at radius 3 is 2.89 bits per heavy atom. The predicted octanol–water partition coefficient (Wildman–Crippen LogP) is 3.85. The van der Waals surface area contributed by atoms with Gasteiger partial charge in [0.1, 0.15) is 11.8 Å². The average Bonchev–Trinajstić information content (AvgIpc) is 2.36. The molecule has 0 aliphatic rings. The smallest absolute Gasteiger partial charge is 0.338 e. The molecule has 1 aromatic heterocycles. The molecule has 3 nitrogen and oxygen atoms in total. The van der Waals surface area contributed by atoms with Gasteiger partial charge in [0, 0.05) is 10.7 Å². The standard InChI is InChI=1S/C13H9BrClNO2/c14-11-3-1-2-9(6-11)8-18-13(17)10-4-5-16-12(15)7-10/h1-7H,8H2. The molecule has 5 heteroatoms. The molecular formula is C13H9BrClNO2. The highest BCUT2D eigenvalue weighted by Gasteiger charge is 2.08. The molecule has 0 saturated carbocycles. The van der Waals surface area contributed by atoms with E-state index in [0.717, 1.165) is 10.0 Å². The van der Waals surface area contributed by atoms with Crippen LogP contribution in [0.5, 0.6) is 0 Å². The molecule has 0 N–H and O–H groups in total. The van der Waals surface area contributed by atoms with Crippen molar-refractivity contribution in [1.29, 1.82) is 0 Å². The van der Waals surface area contributed by atoms with Crippen LogP contribution in [0, 0.1) is 0 Å². The molecule has 2 aromatic rings. The Morgan fingerprint density at radius 2 is 2.17 bits per heavy atom. The predicted molar refractivity (Wildman–Crippen MR) is 72.5 cm³/mol. The number of carbonyl (C=O) groups excluding carboxylic acids is 1. The van der Waals surface area contributed by atoms with Crippen LogP contribution in [-0.2, 0) is 11.3 Å². The van der Waals surface area contributed by atoms with Gasteiger partial charge < -0.3 is 4.74 Å². The summed E-state index contributed by atoms with van der Waals surface area (Å²) in [5.74, 6) is -0.417. The van der Waals surface area contributed by atoms with Crippen LogP contribution in [0.15, 0.2) is 47.1 Å². The molecule has 2 rings (SSSR count). The zero-order valence-electron chi connectivity index (χ0n) is 9.27. The highest BCUT2D eigenvalue weighted by atomic mass is 79.9. The van der Waals surface area contributed by atoms with Crippen LogP contribution < -0.4 is 0 Å². The van der Waals surface area contributed by atoms with Crippen LogP contribution in [0.3, 0.4) is 0 Å². The number of halogens is 2. The number of hydrogen-bond acceptors (Lipinski definition) is 3.